The van der Waals surface area contributed by atoms with E-state index < -0.39 is 6.10 Å². The van der Waals surface area contributed by atoms with Crippen molar-refractivity contribution in [3.05, 3.63) is 23.9 Å². The summed E-state index contributed by atoms with van der Waals surface area (Å²) in [7, 11) is 0. The summed E-state index contributed by atoms with van der Waals surface area (Å²) in [5, 5.41) is 18.0. The van der Waals surface area contributed by atoms with Crippen molar-refractivity contribution in [3.63, 3.8) is 0 Å². The molecule has 4 heteroatoms. The molecular weight excluding hydrogens is 202 g/mol. The second-order valence-corrected chi connectivity index (χ2v) is 3.61. The summed E-state index contributed by atoms with van der Waals surface area (Å²) in [6.45, 7) is 5.22. The van der Waals surface area contributed by atoms with Gasteiger partial charge in [0.25, 0.3) is 0 Å². The molecule has 1 unspecified atom stereocenters. The molecule has 4 nitrogen and oxygen atoms in total. The third kappa shape index (κ3) is 3.21. The summed E-state index contributed by atoms with van der Waals surface area (Å²) >= 11 is 0. The molecular formula is C12H17N3O. The van der Waals surface area contributed by atoms with Crippen LogP contribution < -0.4 is 4.90 Å². The Labute approximate surface area is 96.2 Å². The van der Waals surface area contributed by atoms with Crippen molar-refractivity contribution < 1.29 is 5.11 Å². The second-order valence-electron chi connectivity index (χ2n) is 3.61. The van der Waals surface area contributed by atoms with Crippen LogP contribution in [0, 0.1) is 11.3 Å². The minimum absolute atomic E-state index is 0.481. The first-order chi connectivity index (χ1) is 7.69. The van der Waals surface area contributed by atoms with E-state index in [1.54, 1.807) is 19.2 Å². The molecule has 0 aliphatic carbocycles. The Morgan fingerprint density at radius 1 is 1.62 bits per heavy atom. The number of aliphatic hydroxyl groups is 1. The van der Waals surface area contributed by atoms with Crippen molar-refractivity contribution in [2.45, 2.75) is 26.4 Å². The summed E-state index contributed by atoms with van der Waals surface area (Å²) in [5.74, 6) is 0.816. The summed E-state index contributed by atoms with van der Waals surface area (Å²) in [5.41, 5.74) is 0.848. The van der Waals surface area contributed by atoms with Crippen molar-refractivity contribution in [2.24, 2.45) is 0 Å². The molecule has 1 N–H and O–H groups in total. The van der Waals surface area contributed by atoms with Crippen molar-refractivity contribution >= 4 is 5.82 Å². The van der Waals surface area contributed by atoms with Crippen molar-refractivity contribution in [3.8, 4) is 6.07 Å². The molecule has 16 heavy (non-hydrogen) atoms. The Hall–Kier alpha value is -1.60. The Kier molecular flexibility index (Phi) is 4.74. The van der Waals surface area contributed by atoms with Gasteiger partial charge in [0.15, 0.2) is 0 Å². The highest BCUT2D eigenvalue weighted by atomic mass is 16.3. The normalized spacial score (nSPS) is 11.9. The van der Waals surface area contributed by atoms with Gasteiger partial charge in [-0.25, -0.2) is 4.98 Å². The SMILES string of the molecule is CCN(CCC#N)c1cc(C(C)O)ccn1. The van der Waals surface area contributed by atoms with Gasteiger partial charge in [0.2, 0.25) is 0 Å². The maximum Gasteiger partial charge on any atom is 0.128 e. The van der Waals surface area contributed by atoms with E-state index in [4.69, 9.17) is 5.26 Å². The average Bonchev–Trinajstić information content (AvgIpc) is 2.30. The van der Waals surface area contributed by atoms with E-state index in [2.05, 4.69) is 11.1 Å². The molecule has 0 fully saturated rings. The van der Waals surface area contributed by atoms with Crippen LogP contribution in [0.1, 0.15) is 31.9 Å². The number of hydrogen-bond acceptors (Lipinski definition) is 4. The van der Waals surface area contributed by atoms with Gasteiger partial charge in [-0.05, 0) is 31.5 Å². The number of aliphatic hydroxyl groups excluding tert-OH is 1. The van der Waals surface area contributed by atoms with Crippen LogP contribution in [0.4, 0.5) is 5.82 Å². The van der Waals surface area contributed by atoms with E-state index in [-0.39, 0.29) is 0 Å². The van der Waals surface area contributed by atoms with Crippen molar-refractivity contribution in [2.75, 3.05) is 18.0 Å². The number of aromatic nitrogens is 1. The van der Waals surface area contributed by atoms with E-state index in [0.717, 1.165) is 17.9 Å². The van der Waals surface area contributed by atoms with E-state index in [0.29, 0.717) is 13.0 Å². The third-order valence-corrected chi connectivity index (χ3v) is 2.45. The lowest BCUT2D eigenvalue weighted by Gasteiger charge is -2.21. The zero-order valence-corrected chi connectivity index (χ0v) is 9.72. The highest BCUT2D eigenvalue weighted by molar-refractivity contribution is 5.41. The first kappa shape index (κ1) is 12.5. The lowest BCUT2D eigenvalue weighted by atomic mass is 10.1. The van der Waals surface area contributed by atoms with E-state index in [1.807, 2.05) is 17.9 Å². The fourth-order valence-electron chi connectivity index (χ4n) is 1.49. The quantitative estimate of drug-likeness (QED) is 0.821. The van der Waals surface area contributed by atoms with E-state index >= 15 is 0 Å². The van der Waals surface area contributed by atoms with Gasteiger partial charge in [0.05, 0.1) is 18.6 Å². The summed E-state index contributed by atoms with van der Waals surface area (Å²) in [4.78, 5) is 6.27. The Morgan fingerprint density at radius 2 is 2.38 bits per heavy atom. The molecule has 86 valence electrons. The van der Waals surface area contributed by atoms with Gasteiger partial charge in [-0.3, -0.25) is 0 Å². The number of rotatable bonds is 5. The van der Waals surface area contributed by atoms with Gasteiger partial charge in [-0.2, -0.15) is 5.26 Å². The van der Waals surface area contributed by atoms with Gasteiger partial charge < -0.3 is 10.0 Å². The van der Waals surface area contributed by atoms with E-state index in [1.165, 1.54) is 0 Å². The minimum Gasteiger partial charge on any atom is -0.389 e. The zero-order chi connectivity index (χ0) is 12.0. The zero-order valence-electron chi connectivity index (χ0n) is 9.72. The molecule has 0 amide bonds. The molecule has 0 spiro atoms. The summed E-state index contributed by atoms with van der Waals surface area (Å²) < 4.78 is 0. The molecule has 1 aromatic heterocycles. The maximum atomic E-state index is 9.48. The molecule has 0 bridgehead atoms. The average molecular weight is 219 g/mol. The van der Waals surface area contributed by atoms with Gasteiger partial charge >= 0.3 is 0 Å². The second kappa shape index (κ2) is 6.09. The van der Waals surface area contributed by atoms with Crippen LogP contribution in [0.2, 0.25) is 0 Å². The number of nitriles is 1. The highest BCUT2D eigenvalue weighted by Gasteiger charge is 2.08. The molecule has 1 aromatic rings. The molecule has 0 saturated carbocycles. The first-order valence-corrected chi connectivity index (χ1v) is 5.45. The van der Waals surface area contributed by atoms with Crippen LogP contribution in [0.15, 0.2) is 18.3 Å². The number of anilines is 1. The largest absolute Gasteiger partial charge is 0.389 e. The smallest absolute Gasteiger partial charge is 0.128 e. The van der Waals surface area contributed by atoms with Crippen molar-refractivity contribution in [1.29, 1.82) is 5.26 Å². The fraction of sp³-hybridized carbons (Fsp3) is 0.500. The van der Waals surface area contributed by atoms with Crippen LogP contribution in [-0.2, 0) is 0 Å². The molecule has 1 atom stereocenters. The first-order valence-electron chi connectivity index (χ1n) is 5.45. The summed E-state index contributed by atoms with van der Waals surface area (Å²) in [6.07, 6.45) is 1.68. The van der Waals surface area contributed by atoms with Crippen molar-refractivity contribution in [1.82, 2.24) is 4.98 Å². The predicted octanol–water partition coefficient (Wildman–Crippen LogP) is 1.87. The minimum atomic E-state index is -0.489. The molecule has 0 radical (unpaired) electrons. The Bertz CT molecular complexity index is 371. The summed E-state index contributed by atoms with van der Waals surface area (Å²) in [6, 6.07) is 5.79. The number of hydrogen-bond donors (Lipinski definition) is 1. The Balaban J connectivity index is 2.84. The molecule has 0 aliphatic heterocycles. The maximum absolute atomic E-state index is 9.48. The molecule has 0 aliphatic rings. The molecule has 0 aromatic carbocycles. The highest BCUT2D eigenvalue weighted by Crippen LogP contribution is 2.17. The lowest BCUT2D eigenvalue weighted by molar-refractivity contribution is 0.199. The fourth-order valence-corrected chi connectivity index (χ4v) is 1.49. The molecule has 1 heterocycles. The molecule has 0 saturated heterocycles. The van der Waals surface area contributed by atoms with Gasteiger partial charge in [-0.1, -0.05) is 0 Å². The van der Waals surface area contributed by atoms with Crippen LogP contribution in [0.25, 0.3) is 0 Å². The monoisotopic (exact) mass is 219 g/mol. The van der Waals surface area contributed by atoms with Crippen LogP contribution in [0.5, 0.6) is 0 Å². The Morgan fingerprint density at radius 3 is 2.94 bits per heavy atom. The standard InChI is InChI=1S/C12H17N3O/c1-3-15(8-4-6-13)12-9-11(10(2)16)5-7-14-12/h5,7,9-10,16H,3-4,8H2,1-2H3. The van der Waals surface area contributed by atoms with E-state index in [9.17, 15) is 5.11 Å². The van der Waals surface area contributed by atoms with Crippen LogP contribution >= 0.6 is 0 Å². The van der Waals surface area contributed by atoms with Gasteiger partial charge in [-0.15, -0.1) is 0 Å². The third-order valence-electron chi connectivity index (χ3n) is 2.45. The van der Waals surface area contributed by atoms with Crippen LogP contribution in [0.3, 0.4) is 0 Å². The predicted molar refractivity (Wildman–Crippen MR) is 63.0 cm³/mol. The lowest BCUT2D eigenvalue weighted by Crippen LogP contribution is -2.24. The number of pyridine rings is 1. The van der Waals surface area contributed by atoms with Gasteiger partial charge in [0.1, 0.15) is 5.82 Å². The topological polar surface area (TPSA) is 60.2 Å². The molecule has 1 rings (SSSR count). The van der Waals surface area contributed by atoms with Crippen LogP contribution in [-0.4, -0.2) is 23.2 Å². The van der Waals surface area contributed by atoms with Gasteiger partial charge in [0, 0.05) is 19.3 Å². The number of nitrogens with zero attached hydrogens (tertiary/aromatic N) is 3.